The summed E-state index contributed by atoms with van der Waals surface area (Å²) in [6.45, 7) is -2.26. The number of halogens is 6. The summed E-state index contributed by atoms with van der Waals surface area (Å²) in [5.41, 5.74) is -0.212. The lowest BCUT2D eigenvalue weighted by Crippen LogP contribution is -2.34. The second kappa shape index (κ2) is 6.31. The van der Waals surface area contributed by atoms with E-state index in [-0.39, 0.29) is 5.56 Å². The summed E-state index contributed by atoms with van der Waals surface area (Å²) in [4.78, 5) is 0. The third kappa shape index (κ3) is 5.66. The maximum Gasteiger partial charge on any atom is 0.573 e. The van der Waals surface area contributed by atoms with Gasteiger partial charge < -0.3 is 9.84 Å². The van der Waals surface area contributed by atoms with Crippen molar-refractivity contribution in [2.75, 3.05) is 13.2 Å². The first-order valence-electron chi connectivity index (χ1n) is 5.38. The fourth-order valence-electron chi connectivity index (χ4n) is 1.50. The van der Waals surface area contributed by atoms with Gasteiger partial charge in [0.1, 0.15) is 5.75 Å². The summed E-state index contributed by atoms with van der Waals surface area (Å²) in [7, 11) is 0. The summed E-state index contributed by atoms with van der Waals surface area (Å²) in [6.07, 6.45) is -9.52. The van der Waals surface area contributed by atoms with Crippen LogP contribution in [0.15, 0.2) is 24.3 Å². The normalized spacial score (nSPS) is 14.2. The molecule has 0 saturated heterocycles. The van der Waals surface area contributed by atoms with Crippen molar-refractivity contribution in [3.8, 4) is 5.75 Å². The molecule has 0 aliphatic carbocycles. The first-order valence-corrected chi connectivity index (χ1v) is 5.38. The number of aliphatic hydroxyl groups is 1. The quantitative estimate of drug-likeness (QED) is 0.822. The van der Waals surface area contributed by atoms with E-state index in [0.29, 0.717) is 0 Å². The van der Waals surface area contributed by atoms with E-state index in [2.05, 4.69) is 4.74 Å². The van der Waals surface area contributed by atoms with E-state index in [1.165, 1.54) is 12.1 Å². The third-order valence-electron chi connectivity index (χ3n) is 2.25. The zero-order chi connectivity index (χ0) is 15.4. The van der Waals surface area contributed by atoms with Crippen LogP contribution in [0.1, 0.15) is 11.6 Å². The van der Waals surface area contributed by atoms with Crippen LogP contribution < -0.4 is 10.1 Å². The van der Waals surface area contributed by atoms with Gasteiger partial charge in [0.15, 0.2) is 0 Å². The lowest BCUT2D eigenvalue weighted by molar-refractivity contribution is -0.275. The molecule has 0 amide bonds. The Labute approximate surface area is 110 Å². The highest BCUT2D eigenvalue weighted by Crippen LogP contribution is 2.30. The van der Waals surface area contributed by atoms with Crippen LogP contribution in [0.5, 0.6) is 5.75 Å². The summed E-state index contributed by atoms with van der Waals surface area (Å²) in [6, 6.07) is 3.35. The van der Waals surface area contributed by atoms with Crippen LogP contribution >= 0.6 is 0 Å². The van der Waals surface area contributed by atoms with E-state index in [1.807, 2.05) is 5.32 Å². The van der Waals surface area contributed by atoms with Crippen LogP contribution in [-0.4, -0.2) is 30.8 Å². The zero-order valence-corrected chi connectivity index (χ0v) is 9.92. The fourth-order valence-corrected chi connectivity index (χ4v) is 1.50. The number of alkyl halides is 6. The van der Waals surface area contributed by atoms with Crippen molar-refractivity contribution < 1.29 is 36.2 Å². The molecular formula is C11H11F6NO2. The molecule has 0 saturated carbocycles. The van der Waals surface area contributed by atoms with E-state index in [4.69, 9.17) is 5.11 Å². The van der Waals surface area contributed by atoms with Gasteiger partial charge in [-0.2, -0.15) is 13.2 Å². The van der Waals surface area contributed by atoms with Crippen LogP contribution in [0.2, 0.25) is 0 Å². The Morgan fingerprint density at radius 3 is 2.20 bits per heavy atom. The number of ether oxygens (including phenoxy) is 1. The highest BCUT2D eigenvalue weighted by atomic mass is 19.4. The second-order valence-corrected chi connectivity index (χ2v) is 3.82. The highest BCUT2D eigenvalue weighted by Gasteiger charge is 2.34. The summed E-state index contributed by atoms with van der Waals surface area (Å²) < 4.78 is 76.5. The fraction of sp³-hybridized carbons (Fsp3) is 0.455. The minimum absolute atomic E-state index is 0.212. The molecule has 0 spiro atoms. The number of benzene rings is 1. The van der Waals surface area contributed by atoms with Gasteiger partial charge in [0.2, 0.25) is 0 Å². The molecule has 2 N–H and O–H groups in total. The molecule has 9 heteroatoms. The van der Waals surface area contributed by atoms with Gasteiger partial charge in [-0.15, -0.1) is 13.2 Å². The first kappa shape index (κ1) is 16.6. The molecule has 0 aliphatic rings. The average Bonchev–Trinajstić information content (AvgIpc) is 2.28. The minimum Gasteiger partial charge on any atom is -0.405 e. The SMILES string of the molecule is OCC(NCC(F)(F)F)c1ccccc1OC(F)(F)F. The van der Waals surface area contributed by atoms with Crippen LogP contribution in [0.25, 0.3) is 0 Å². The van der Waals surface area contributed by atoms with E-state index in [9.17, 15) is 26.3 Å². The van der Waals surface area contributed by atoms with Crippen LogP contribution in [0.3, 0.4) is 0 Å². The Balaban J connectivity index is 2.92. The molecule has 3 nitrogen and oxygen atoms in total. The lowest BCUT2D eigenvalue weighted by atomic mass is 10.1. The van der Waals surface area contributed by atoms with Gasteiger partial charge in [0.05, 0.1) is 19.2 Å². The maximum absolute atomic E-state index is 12.2. The molecule has 1 aromatic carbocycles. The van der Waals surface area contributed by atoms with Gasteiger partial charge in [-0.05, 0) is 6.07 Å². The molecule has 1 unspecified atom stereocenters. The van der Waals surface area contributed by atoms with Crippen molar-refractivity contribution in [2.45, 2.75) is 18.6 Å². The number of hydrogen-bond acceptors (Lipinski definition) is 3. The predicted molar refractivity (Wildman–Crippen MR) is 57.0 cm³/mol. The largest absolute Gasteiger partial charge is 0.573 e. The van der Waals surface area contributed by atoms with E-state index in [0.717, 1.165) is 12.1 Å². The minimum atomic E-state index is -4.97. The molecule has 0 aliphatic heterocycles. The number of nitrogens with one attached hydrogen (secondary N) is 1. The van der Waals surface area contributed by atoms with Crippen LogP contribution in [0, 0.1) is 0 Å². The van der Waals surface area contributed by atoms with Crippen LogP contribution in [0.4, 0.5) is 26.3 Å². The summed E-state index contributed by atoms with van der Waals surface area (Å²) in [5.74, 6) is -0.659. The topological polar surface area (TPSA) is 41.5 Å². The Hall–Kier alpha value is -1.48. The van der Waals surface area contributed by atoms with Crippen molar-refractivity contribution >= 4 is 0 Å². The molecule has 0 radical (unpaired) electrons. The number of para-hydroxylation sites is 1. The van der Waals surface area contributed by atoms with Crippen molar-refractivity contribution in [3.63, 3.8) is 0 Å². The lowest BCUT2D eigenvalue weighted by Gasteiger charge is -2.21. The van der Waals surface area contributed by atoms with Crippen molar-refractivity contribution in [1.29, 1.82) is 0 Å². The predicted octanol–water partition coefficient (Wildman–Crippen LogP) is 2.77. The average molecular weight is 303 g/mol. The van der Waals surface area contributed by atoms with Crippen molar-refractivity contribution in [1.82, 2.24) is 5.32 Å². The molecule has 20 heavy (non-hydrogen) atoms. The molecule has 0 bridgehead atoms. The van der Waals surface area contributed by atoms with E-state index >= 15 is 0 Å². The highest BCUT2D eigenvalue weighted by molar-refractivity contribution is 5.36. The molecule has 0 aromatic heterocycles. The summed E-state index contributed by atoms with van der Waals surface area (Å²) >= 11 is 0. The molecule has 0 heterocycles. The van der Waals surface area contributed by atoms with Gasteiger partial charge in [0, 0.05) is 5.56 Å². The third-order valence-corrected chi connectivity index (χ3v) is 2.25. The monoisotopic (exact) mass is 303 g/mol. The molecule has 1 aromatic rings. The van der Waals surface area contributed by atoms with E-state index in [1.54, 1.807) is 0 Å². The Bertz CT molecular complexity index is 432. The smallest absolute Gasteiger partial charge is 0.405 e. The van der Waals surface area contributed by atoms with Gasteiger partial charge >= 0.3 is 12.5 Å². The molecule has 114 valence electrons. The number of aliphatic hydroxyl groups excluding tert-OH is 1. The van der Waals surface area contributed by atoms with Crippen molar-refractivity contribution in [3.05, 3.63) is 29.8 Å². The zero-order valence-electron chi connectivity index (χ0n) is 9.92. The molecule has 1 atom stereocenters. The Morgan fingerprint density at radius 2 is 1.70 bits per heavy atom. The standard InChI is InChI=1S/C11H11F6NO2/c12-10(13,14)6-18-8(5-19)7-3-1-2-4-9(7)20-11(15,16)17/h1-4,8,18-19H,5-6H2. The maximum atomic E-state index is 12.2. The molecular weight excluding hydrogens is 292 g/mol. The van der Waals surface area contributed by atoms with Gasteiger partial charge in [0.25, 0.3) is 0 Å². The van der Waals surface area contributed by atoms with Gasteiger partial charge in [-0.1, -0.05) is 18.2 Å². The van der Waals surface area contributed by atoms with Gasteiger partial charge in [-0.25, -0.2) is 0 Å². The second-order valence-electron chi connectivity index (χ2n) is 3.82. The van der Waals surface area contributed by atoms with Gasteiger partial charge in [-0.3, -0.25) is 5.32 Å². The number of rotatable bonds is 5. The van der Waals surface area contributed by atoms with E-state index < -0.39 is 37.5 Å². The molecule has 0 fully saturated rings. The summed E-state index contributed by atoms with van der Waals surface area (Å²) in [5, 5.41) is 11.0. The van der Waals surface area contributed by atoms with Crippen molar-refractivity contribution in [2.24, 2.45) is 0 Å². The number of hydrogen-bond donors (Lipinski definition) is 2. The first-order chi connectivity index (χ1) is 9.12. The Kier molecular flexibility index (Phi) is 5.23. The molecule has 1 rings (SSSR count). The van der Waals surface area contributed by atoms with Crippen LogP contribution in [-0.2, 0) is 0 Å². The Morgan fingerprint density at radius 1 is 1.10 bits per heavy atom.